The van der Waals surface area contributed by atoms with Crippen LogP contribution >= 0.6 is 0 Å². The van der Waals surface area contributed by atoms with Crippen molar-refractivity contribution < 1.29 is 28.3 Å². The normalized spacial score (nSPS) is 10.6. The van der Waals surface area contributed by atoms with Crippen molar-refractivity contribution in [2.24, 2.45) is 0 Å². The minimum Gasteiger partial charge on any atom is -0.494 e. The number of aliphatic carboxylic acids is 1. The number of carboxylic acid groups (broad SMARTS) is 1. The van der Waals surface area contributed by atoms with E-state index in [1.165, 1.54) is 6.26 Å². The minimum atomic E-state index is -0.847. The smallest absolute Gasteiger partial charge is 0.303 e. The van der Waals surface area contributed by atoms with Gasteiger partial charge in [-0.25, -0.2) is 4.98 Å². The number of carbonyl (C=O) groups is 2. The average molecular weight is 384 g/mol. The number of benzene rings is 1. The van der Waals surface area contributed by atoms with E-state index in [1.54, 1.807) is 43.3 Å². The Labute approximate surface area is 161 Å². The second-order valence-corrected chi connectivity index (χ2v) is 6.09. The van der Waals surface area contributed by atoms with Gasteiger partial charge in [0.15, 0.2) is 5.76 Å². The van der Waals surface area contributed by atoms with Crippen molar-refractivity contribution in [3.05, 3.63) is 54.1 Å². The number of furan rings is 1. The first-order chi connectivity index (χ1) is 13.5. The summed E-state index contributed by atoms with van der Waals surface area (Å²) in [6.45, 7) is 2.07. The molecule has 3 rings (SSSR count). The number of amides is 1. The summed E-state index contributed by atoms with van der Waals surface area (Å²) in [5.41, 5.74) is 1.16. The van der Waals surface area contributed by atoms with Gasteiger partial charge in [-0.1, -0.05) is 0 Å². The predicted octanol–water partition coefficient (Wildman–Crippen LogP) is 3.67. The standard InChI is InChI=1S/C20H20N2O6/c1-13-16(22-20(28-13)17-4-2-11-27-17)12-18(23)21-14-6-8-15(9-7-14)26-10-3-5-19(24)25/h2,4,6-9,11H,3,5,10,12H2,1H3,(H,21,23)(H,24,25). The van der Waals surface area contributed by atoms with Crippen LogP contribution in [0, 0.1) is 6.92 Å². The van der Waals surface area contributed by atoms with E-state index >= 15 is 0 Å². The summed E-state index contributed by atoms with van der Waals surface area (Å²) in [7, 11) is 0. The predicted molar refractivity (Wildman–Crippen MR) is 100 cm³/mol. The zero-order valence-electron chi connectivity index (χ0n) is 15.3. The summed E-state index contributed by atoms with van der Waals surface area (Å²) in [5.74, 6) is 0.951. The fourth-order valence-corrected chi connectivity index (χ4v) is 2.50. The van der Waals surface area contributed by atoms with E-state index in [2.05, 4.69) is 10.3 Å². The number of anilines is 1. The molecule has 0 spiro atoms. The Kier molecular flexibility index (Phi) is 6.11. The maximum absolute atomic E-state index is 12.3. The Hall–Kier alpha value is -3.55. The molecular formula is C20H20N2O6. The van der Waals surface area contributed by atoms with Crippen molar-refractivity contribution in [3.63, 3.8) is 0 Å². The van der Waals surface area contributed by atoms with Gasteiger partial charge < -0.3 is 24.0 Å². The minimum absolute atomic E-state index is 0.0667. The maximum Gasteiger partial charge on any atom is 0.303 e. The van der Waals surface area contributed by atoms with Gasteiger partial charge in [0.1, 0.15) is 11.5 Å². The van der Waals surface area contributed by atoms with Crippen LogP contribution in [0.4, 0.5) is 5.69 Å². The zero-order valence-corrected chi connectivity index (χ0v) is 15.3. The summed E-state index contributed by atoms with van der Waals surface area (Å²) < 4.78 is 16.3. The molecule has 0 aliphatic carbocycles. The average Bonchev–Trinajstić information content (AvgIpc) is 3.30. The van der Waals surface area contributed by atoms with Crippen molar-refractivity contribution >= 4 is 17.6 Å². The number of oxazole rings is 1. The topological polar surface area (TPSA) is 115 Å². The molecule has 0 aliphatic rings. The molecule has 0 radical (unpaired) electrons. The largest absolute Gasteiger partial charge is 0.494 e. The van der Waals surface area contributed by atoms with Gasteiger partial charge in [-0.05, 0) is 49.7 Å². The van der Waals surface area contributed by atoms with Crippen LogP contribution in [-0.2, 0) is 16.0 Å². The van der Waals surface area contributed by atoms with Crippen molar-refractivity contribution in [1.29, 1.82) is 0 Å². The summed E-state index contributed by atoms with van der Waals surface area (Å²) in [6.07, 6.45) is 2.10. The molecule has 1 aromatic carbocycles. The Morgan fingerprint density at radius 1 is 1.21 bits per heavy atom. The highest BCUT2D eigenvalue weighted by Gasteiger charge is 2.16. The summed E-state index contributed by atoms with van der Waals surface area (Å²) in [6, 6.07) is 10.3. The van der Waals surface area contributed by atoms with E-state index in [1.807, 2.05) is 0 Å². The van der Waals surface area contributed by atoms with Gasteiger partial charge in [0.2, 0.25) is 5.91 Å². The van der Waals surface area contributed by atoms with E-state index < -0.39 is 5.97 Å². The Morgan fingerprint density at radius 3 is 2.68 bits per heavy atom. The third-order valence-electron chi connectivity index (χ3n) is 3.89. The first kappa shape index (κ1) is 19.2. The van der Waals surface area contributed by atoms with Crippen LogP contribution in [0.5, 0.6) is 5.75 Å². The molecule has 28 heavy (non-hydrogen) atoms. The number of hydrogen-bond acceptors (Lipinski definition) is 6. The molecule has 0 unspecified atom stereocenters. The molecule has 2 heterocycles. The number of aryl methyl sites for hydroxylation is 1. The van der Waals surface area contributed by atoms with Crippen LogP contribution in [0.15, 0.2) is 51.5 Å². The molecule has 0 atom stereocenters. The number of hydrogen-bond donors (Lipinski definition) is 2. The van der Waals surface area contributed by atoms with Gasteiger partial charge in [-0.15, -0.1) is 0 Å². The molecule has 0 saturated heterocycles. The van der Waals surface area contributed by atoms with Gasteiger partial charge in [0.25, 0.3) is 5.89 Å². The highest BCUT2D eigenvalue weighted by atomic mass is 16.5. The van der Waals surface area contributed by atoms with Crippen LogP contribution in [0.1, 0.15) is 24.3 Å². The Morgan fingerprint density at radius 2 is 2.00 bits per heavy atom. The Balaban J connectivity index is 1.51. The molecule has 3 aromatic rings. The lowest BCUT2D eigenvalue weighted by molar-refractivity contribution is -0.137. The molecule has 1 amide bonds. The monoisotopic (exact) mass is 384 g/mol. The first-order valence-electron chi connectivity index (χ1n) is 8.76. The maximum atomic E-state index is 12.3. The fraction of sp³-hybridized carbons (Fsp3) is 0.250. The van der Waals surface area contributed by atoms with Crippen molar-refractivity contribution in [3.8, 4) is 17.4 Å². The summed E-state index contributed by atoms with van der Waals surface area (Å²) >= 11 is 0. The van der Waals surface area contributed by atoms with Crippen LogP contribution in [0.2, 0.25) is 0 Å². The first-order valence-corrected chi connectivity index (χ1v) is 8.76. The quantitative estimate of drug-likeness (QED) is 0.541. The van der Waals surface area contributed by atoms with Gasteiger partial charge >= 0.3 is 5.97 Å². The number of ether oxygens (including phenoxy) is 1. The molecule has 2 aromatic heterocycles. The second-order valence-electron chi connectivity index (χ2n) is 6.09. The number of carboxylic acids is 1. The van der Waals surface area contributed by atoms with Crippen molar-refractivity contribution in [2.75, 3.05) is 11.9 Å². The number of nitrogens with one attached hydrogen (secondary N) is 1. The number of aromatic nitrogens is 1. The summed E-state index contributed by atoms with van der Waals surface area (Å²) in [4.78, 5) is 27.1. The van der Waals surface area contributed by atoms with E-state index in [-0.39, 0.29) is 18.7 Å². The van der Waals surface area contributed by atoms with Crippen LogP contribution in [-0.4, -0.2) is 28.6 Å². The molecule has 8 heteroatoms. The lowest BCUT2D eigenvalue weighted by Gasteiger charge is -2.07. The lowest BCUT2D eigenvalue weighted by Crippen LogP contribution is -2.15. The van der Waals surface area contributed by atoms with Crippen LogP contribution in [0.25, 0.3) is 11.7 Å². The molecule has 8 nitrogen and oxygen atoms in total. The van der Waals surface area contributed by atoms with E-state index in [0.717, 1.165) is 0 Å². The lowest BCUT2D eigenvalue weighted by atomic mass is 10.2. The molecule has 0 saturated carbocycles. The van der Waals surface area contributed by atoms with E-state index in [9.17, 15) is 9.59 Å². The zero-order chi connectivity index (χ0) is 19.9. The third kappa shape index (κ3) is 5.23. The fourth-order valence-electron chi connectivity index (χ4n) is 2.50. The third-order valence-corrected chi connectivity index (χ3v) is 3.89. The highest BCUT2D eigenvalue weighted by Crippen LogP contribution is 2.22. The van der Waals surface area contributed by atoms with Crippen LogP contribution in [0.3, 0.4) is 0 Å². The van der Waals surface area contributed by atoms with Gasteiger partial charge in [0, 0.05) is 12.1 Å². The molecule has 2 N–H and O–H groups in total. The molecule has 0 fully saturated rings. The van der Waals surface area contributed by atoms with E-state index in [0.29, 0.717) is 47.6 Å². The molecule has 0 aliphatic heterocycles. The molecule has 0 bridgehead atoms. The molecular weight excluding hydrogens is 364 g/mol. The summed E-state index contributed by atoms with van der Waals surface area (Å²) in [5, 5.41) is 11.4. The number of nitrogens with zero attached hydrogens (tertiary/aromatic N) is 1. The van der Waals surface area contributed by atoms with E-state index in [4.69, 9.17) is 18.7 Å². The van der Waals surface area contributed by atoms with Gasteiger partial charge in [0.05, 0.1) is 25.0 Å². The Bertz CT molecular complexity index is 928. The van der Waals surface area contributed by atoms with Gasteiger partial charge in [-0.3, -0.25) is 9.59 Å². The number of carbonyl (C=O) groups excluding carboxylic acids is 1. The number of rotatable bonds is 9. The SMILES string of the molecule is Cc1oc(-c2ccco2)nc1CC(=O)Nc1ccc(OCCCC(=O)O)cc1. The molecule has 146 valence electrons. The van der Waals surface area contributed by atoms with Crippen molar-refractivity contribution in [1.82, 2.24) is 4.98 Å². The highest BCUT2D eigenvalue weighted by molar-refractivity contribution is 5.92. The van der Waals surface area contributed by atoms with Crippen LogP contribution < -0.4 is 10.1 Å². The van der Waals surface area contributed by atoms with Crippen molar-refractivity contribution in [2.45, 2.75) is 26.2 Å². The van der Waals surface area contributed by atoms with Gasteiger partial charge in [-0.2, -0.15) is 0 Å². The second kappa shape index (κ2) is 8.90.